The number of aryl methyl sites for hydroxylation is 2. The number of nitrogen functional groups attached to an aromatic ring is 1. The highest BCUT2D eigenvalue weighted by Gasteiger charge is 2.21. The van der Waals surface area contributed by atoms with Gasteiger partial charge in [-0.05, 0) is 43.9 Å². The van der Waals surface area contributed by atoms with Crippen LogP contribution >= 0.6 is 0 Å². The van der Waals surface area contributed by atoms with Gasteiger partial charge in [-0.2, -0.15) is 4.98 Å². The standard InChI is InChI=1S/C17H23N3O/c1-11-9-12(2)15(18)14(10-11)17-19-16(20-21-17)13-7-5-3-4-6-8-13/h9-10,13H,3-8,18H2,1-2H3. The smallest absolute Gasteiger partial charge is 0.260 e. The summed E-state index contributed by atoms with van der Waals surface area (Å²) in [6, 6.07) is 4.09. The highest BCUT2D eigenvalue weighted by Crippen LogP contribution is 2.33. The first kappa shape index (κ1) is 14.1. The zero-order valence-corrected chi connectivity index (χ0v) is 12.9. The molecule has 0 bridgehead atoms. The summed E-state index contributed by atoms with van der Waals surface area (Å²) in [5.41, 5.74) is 9.98. The van der Waals surface area contributed by atoms with Crippen molar-refractivity contribution in [3.05, 3.63) is 29.1 Å². The normalized spacial score (nSPS) is 16.9. The third-order valence-corrected chi connectivity index (χ3v) is 4.42. The van der Waals surface area contributed by atoms with Crippen molar-refractivity contribution >= 4 is 5.69 Å². The number of nitrogens with two attached hydrogens (primary N) is 1. The molecule has 1 aromatic carbocycles. The van der Waals surface area contributed by atoms with Crippen LogP contribution in [-0.2, 0) is 0 Å². The zero-order valence-electron chi connectivity index (χ0n) is 12.9. The van der Waals surface area contributed by atoms with Gasteiger partial charge in [-0.3, -0.25) is 0 Å². The Hall–Kier alpha value is -1.84. The minimum absolute atomic E-state index is 0.442. The molecule has 2 aromatic rings. The maximum Gasteiger partial charge on any atom is 0.260 e. The summed E-state index contributed by atoms with van der Waals surface area (Å²) in [5, 5.41) is 4.22. The Bertz CT molecular complexity index is 625. The molecule has 1 heterocycles. The van der Waals surface area contributed by atoms with Gasteiger partial charge in [-0.15, -0.1) is 0 Å². The van der Waals surface area contributed by atoms with E-state index in [0.717, 1.165) is 28.2 Å². The molecule has 4 heteroatoms. The van der Waals surface area contributed by atoms with E-state index < -0.39 is 0 Å². The van der Waals surface area contributed by atoms with Crippen molar-refractivity contribution < 1.29 is 4.52 Å². The second-order valence-electron chi connectivity index (χ2n) is 6.19. The van der Waals surface area contributed by atoms with E-state index in [-0.39, 0.29) is 0 Å². The van der Waals surface area contributed by atoms with Gasteiger partial charge in [-0.1, -0.05) is 36.9 Å². The third-order valence-electron chi connectivity index (χ3n) is 4.42. The Kier molecular flexibility index (Phi) is 3.95. The summed E-state index contributed by atoms with van der Waals surface area (Å²) in [6.45, 7) is 4.06. The van der Waals surface area contributed by atoms with Crippen molar-refractivity contribution in [3.8, 4) is 11.5 Å². The van der Waals surface area contributed by atoms with Gasteiger partial charge >= 0.3 is 0 Å². The molecule has 1 saturated carbocycles. The lowest BCUT2D eigenvalue weighted by molar-refractivity contribution is 0.410. The van der Waals surface area contributed by atoms with Crippen LogP contribution in [0.25, 0.3) is 11.5 Å². The molecular formula is C17H23N3O. The van der Waals surface area contributed by atoms with E-state index in [9.17, 15) is 0 Å². The molecule has 0 aliphatic heterocycles. The van der Waals surface area contributed by atoms with E-state index in [1.165, 1.54) is 38.5 Å². The predicted octanol–water partition coefficient (Wildman–Crippen LogP) is 4.37. The van der Waals surface area contributed by atoms with Gasteiger partial charge in [0.2, 0.25) is 0 Å². The molecule has 1 aliphatic carbocycles. The summed E-state index contributed by atoms with van der Waals surface area (Å²) in [6.07, 6.45) is 7.51. The van der Waals surface area contributed by atoms with Crippen molar-refractivity contribution in [3.63, 3.8) is 0 Å². The topological polar surface area (TPSA) is 64.9 Å². The van der Waals surface area contributed by atoms with Crippen molar-refractivity contribution in [2.24, 2.45) is 0 Å². The van der Waals surface area contributed by atoms with Crippen LogP contribution in [0.4, 0.5) is 5.69 Å². The fourth-order valence-electron chi connectivity index (χ4n) is 3.20. The van der Waals surface area contributed by atoms with Crippen LogP contribution < -0.4 is 5.73 Å². The van der Waals surface area contributed by atoms with Crippen LogP contribution in [-0.4, -0.2) is 10.1 Å². The minimum Gasteiger partial charge on any atom is -0.398 e. The lowest BCUT2D eigenvalue weighted by Crippen LogP contribution is -2.00. The second-order valence-corrected chi connectivity index (χ2v) is 6.19. The molecule has 4 nitrogen and oxygen atoms in total. The van der Waals surface area contributed by atoms with E-state index >= 15 is 0 Å². The van der Waals surface area contributed by atoms with Gasteiger partial charge in [0.1, 0.15) is 0 Å². The van der Waals surface area contributed by atoms with Crippen LogP contribution in [0.15, 0.2) is 16.7 Å². The van der Waals surface area contributed by atoms with Gasteiger partial charge in [-0.25, -0.2) is 0 Å². The fraction of sp³-hybridized carbons (Fsp3) is 0.529. The van der Waals surface area contributed by atoms with Crippen molar-refractivity contribution in [1.29, 1.82) is 0 Å². The molecule has 0 atom stereocenters. The monoisotopic (exact) mass is 285 g/mol. The van der Waals surface area contributed by atoms with E-state index in [2.05, 4.69) is 23.1 Å². The third kappa shape index (κ3) is 2.94. The molecule has 21 heavy (non-hydrogen) atoms. The van der Waals surface area contributed by atoms with Gasteiger partial charge in [0.15, 0.2) is 5.82 Å². The predicted molar refractivity (Wildman–Crippen MR) is 84.1 cm³/mol. The Balaban J connectivity index is 1.91. The SMILES string of the molecule is Cc1cc(C)c(N)c(-c2nc(C3CCCCCC3)no2)c1. The van der Waals surface area contributed by atoms with E-state index in [1.807, 2.05) is 13.0 Å². The summed E-state index contributed by atoms with van der Waals surface area (Å²) in [5.74, 6) is 1.85. The van der Waals surface area contributed by atoms with E-state index in [0.29, 0.717) is 11.8 Å². The maximum atomic E-state index is 6.17. The molecule has 1 aliphatic rings. The number of hydrogen-bond donors (Lipinski definition) is 1. The summed E-state index contributed by atoms with van der Waals surface area (Å²) in [4.78, 5) is 4.63. The maximum absolute atomic E-state index is 6.17. The second kappa shape index (κ2) is 5.88. The summed E-state index contributed by atoms with van der Waals surface area (Å²) in [7, 11) is 0. The first-order valence-electron chi connectivity index (χ1n) is 7.86. The molecule has 1 fully saturated rings. The van der Waals surface area contributed by atoms with Gasteiger partial charge in [0, 0.05) is 11.6 Å². The van der Waals surface area contributed by atoms with Crippen molar-refractivity contribution in [2.75, 3.05) is 5.73 Å². The number of aromatic nitrogens is 2. The average Bonchev–Trinajstić information content (AvgIpc) is 2.78. The lowest BCUT2D eigenvalue weighted by Gasteiger charge is -2.08. The summed E-state index contributed by atoms with van der Waals surface area (Å²) < 4.78 is 5.49. The fourth-order valence-corrected chi connectivity index (χ4v) is 3.20. The van der Waals surface area contributed by atoms with Gasteiger partial charge < -0.3 is 10.3 Å². The number of benzene rings is 1. The molecule has 0 spiro atoms. The molecule has 1 aromatic heterocycles. The van der Waals surface area contributed by atoms with Crippen molar-refractivity contribution in [2.45, 2.75) is 58.3 Å². The van der Waals surface area contributed by atoms with Crippen LogP contribution in [0.1, 0.15) is 61.4 Å². The Morgan fingerprint density at radius 2 is 1.81 bits per heavy atom. The molecule has 2 N–H and O–H groups in total. The number of nitrogens with zero attached hydrogens (tertiary/aromatic N) is 2. The van der Waals surface area contributed by atoms with Crippen LogP contribution in [0.3, 0.4) is 0 Å². The molecular weight excluding hydrogens is 262 g/mol. The molecule has 3 rings (SSSR count). The quantitative estimate of drug-likeness (QED) is 0.657. The first-order valence-corrected chi connectivity index (χ1v) is 7.86. The molecule has 112 valence electrons. The van der Waals surface area contributed by atoms with Crippen LogP contribution in [0.5, 0.6) is 0 Å². The Morgan fingerprint density at radius 1 is 1.10 bits per heavy atom. The largest absolute Gasteiger partial charge is 0.398 e. The first-order chi connectivity index (χ1) is 10.1. The van der Waals surface area contributed by atoms with Crippen molar-refractivity contribution in [1.82, 2.24) is 10.1 Å². The Morgan fingerprint density at radius 3 is 2.52 bits per heavy atom. The van der Waals surface area contributed by atoms with Gasteiger partial charge in [0.05, 0.1) is 5.56 Å². The highest BCUT2D eigenvalue weighted by atomic mass is 16.5. The Labute approximate surface area is 125 Å². The minimum atomic E-state index is 0.442. The number of rotatable bonds is 2. The number of hydrogen-bond acceptors (Lipinski definition) is 4. The number of anilines is 1. The van der Waals surface area contributed by atoms with Crippen LogP contribution in [0, 0.1) is 13.8 Å². The van der Waals surface area contributed by atoms with E-state index in [1.54, 1.807) is 0 Å². The molecule has 0 radical (unpaired) electrons. The average molecular weight is 285 g/mol. The molecule has 0 amide bonds. The van der Waals surface area contributed by atoms with Gasteiger partial charge in [0.25, 0.3) is 5.89 Å². The van der Waals surface area contributed by atoms with E-state index in [4.69, 9.17) is 10.3 Å². The van der Waals surface area contributed by atoms with Crippen LogP contribution in [0.2, 0.25) is 0 Å². The molecule has 0 saturated heterocycles. The summed E-state index contributed by atoms with van der Waals surface area (Å²) >= 11 is 0. The molecule has 0 unspecified atom stereocenters. The highest BCUT2D eigenvalue weighted by molar-refractivity contribution is 5.74. The zero-order chi connectivity index (χ0) is 14.8. The lowest BCUT2D eigenvalue weighted by atomic mass is 10.00.